The number of hydrogen-bond donors (Lipinski definition) is 3. The Morgan fingerprint density at radius 2 is 1.77 bits per heavy atom. The van der Waals surface area contributed by atoms with E-state index in [-0.39, 0.29) is 33.5 Å². The monoisotopic (exact) mass is 537 g/mol. The molecule has 8 nitrogen and oxygen atoms in total. The third-order valence-electron chi connectivity index (χ3n) is 5.85. The minimum absolute atomic E-state index is 0.0858. The normalized spacial score (nSPS) is 12.4. The van der Waals surface area contributed by atoms with Crippen LogP contribution in [0, 0.1) is 0 Å². The minimum Gasteiger partial charge on any atom is -0.508 e. The number of carboxylic acids is 1. The lowest BCUT2D eigenvalue weighted by atomic mass is 9.98. The number of alkyl halides is 3. The van der Waals surface area contributed by atoms with Crippen molar-refractivity contribution in [1.82, 2.24) is 10.3 Å². The molecule has 4 rings (SSSR count). The van der Waals surface area contributed by atoms with E-state index in [0.717, 1.165) is 23.8 Å². The number of aromatic nitrogens is 1. The van der Waals surface area contributed by atoms with E-state index in [2.05, 4.69) is 15.5 Å². The number of oxime groups is 1. The van der Waals surface area contributed by atoms with Crippen LogP contribution < -0.4 is 5.32 Å². The molecule has 1 aromatic heterocycles. The van der Waals surface area contributed by atoms with Crippen molar-refractivity contribution in [2.45, 2.75) is 18.6 Å². The Balaban J connectivity index is 1.67. The van der Waals surface area contributed by atoms with E-state index in [9.17, 15) is 33.0 Å². The first-order valence-electron chi connectivity index (χ1n) is 11.6. The Kier molecular flexibility index (Phi) is 7.80. The smallest absolute Gasteiger partial charge is 0.416 e. The molecular weight excluding hydrogens is 515 g/mol. The summed E-state index contributed by atoms with van der Waals surface area (Å²) in [5.74, 6) is -1.92. The van der Waals surface area contributed by atoms with Crippen LogP contribution in [0.5, 0.6) is 5.75 Å². The Bertz CT molecular complexity index is 1550. The Hall–Kier alpha value is -4.93. The standard InChI is InChI=1S/C28H22F3N3O5/c1-39-32-15-20(11-16-5-8-21(35)9-6-16)33-26(36)25-14-23(27(37)38)22-13-18(7-10-24(22)34-25)17-3-2-4-19(12-17)28(29,30)31/h2-10,12-15,20,35H,11H2,1H3,(H,33,36)(H,37,38)/b32-15-/t20-/m0/s1. The molecule has 0 spiro atoms. The average molecular weight is 537 g/mol. The summed E-state index contributed by atoms with van der Waals surface area (Å²) in [4.78, 5) is 34.2. The van der Waals surface area contributed by atoms with Crippen molar-refractivity contribution in [2.75, 3.05) is 7.11 Å². The van der Waals surface area contributed by atoms with Gasteiger partial charge in [-0.3, -0.25) is 4.79 Å². The van der Waals surface area contributed by atoms with Crippen LogP contribution in [0.1, 0.15) is 32.0 Å². The molecule has 0 aliphatic heterocycles. The molecule has 39 heavy (non-hydrogen) atoms. The topological polar surface area (TPSA) is 121 Å². The van der Waals surface area contributed by atoms with Crippen molar-refractivity contribution in [3.63, 3.8) is 0 Å². The van der Waals surface area contributed by atoms with Gasteiger partial charge in [0, 0.05) is 5.39 Å². The SMILES string of the molecule is CO/N=C\[C@H](Cc1ccc(O)cc1)NC(=O)c1cc(C(=O)O)c2cc(-c3cccc(C(F)(F)F)c3)ccc2n1. The van der Waals surface area contributed by atoms with Crippen molar-refractivity contribution in [2.24, 2.45) is 5.16 Å². The van der Waals surface area contributed by atoms with E-state index in [1.54, 1.807) is 12.1 Å². The molecule has 0 bridgehead atoms. The number of benzene rings is 3. The van der Waals surface area contributed by atoms with E-state index in [0.29, 0.717) is 12.0 Å². The number of amides is 1. The van der Waals surface area contributed by atoms with Crippen LogP contribution in [0.25, 0.3) is 22.0 Å². The largest absolute Gasteiger partial charge is 0.508 e. The predicted octanol–water partition coefficient (Wildman–Crippen LogP) is 5.30. The molecule has 0 saturated carbocycles. The maximum absolute atomic E-state index is 13.2. The molecule has 0 fully saturated rings. The highest BCUT2D eigenvalue weighted by molar-refractivity contribution is 6.07. The maximum Gasteiger partial charge on any atom is 0.416 e. The molecule has 0 aliphatic carbocycles. The average Bonchev–Trinajstić information content (AvgIpc) is 2.91. The summed E-state index contributed by atoms with van der Waals surface area (Å²) in [6.45, 7) is 0. The van der Waals surface area contributed by atoms with Crippen LogP contribution in [0.4, 0.5) is 13.2 Å². The zero-order valence-corrected chi connectivity index (χ0v) is 20.4. The van der Waals surface area contributed by atoms with E-state index in [1.165, 1.54) is 55.8 Å². The number of phenolic OH excluding ortho intramolecular Hbond substituents is 1. The molecule has 1 heterocycles. The summed E-state index contributed by atoms with van der Waals surface area (Å²) in [5, 5.41) is 25.9. The molecule has 11 heteroatoms. The second-order valence-corrected chi connectivity index (χ2v) is 8.56. The van der Waals surface area contributed by atoms with Crippen molar-refractivity contribution < 1.29 is 37.8 Å². The summed E-state index contributed by atoms with van der Waals surface area (Å²) < 4.78 is 39.5. The second-order valence-electron chi connectivity index (χ2n) is 8.56. The number of rotatable bonds is 8. The number of nitrogens with one attached hydrogen (secondary N) is 1. The van der Waals surface area contributed by atoms with E-state index in [4.69, 9.17) is 4.84 Å². The third kappa shape index (κ3) is 6.50. The van der Waals surface area contributed by atoms with E-state index < -0.39 is 29.7 Å². The first-order chi connectivity index (χ1) is 18.5. The number of nitrogens with zero attached hydrogens (tertiary/aromatic N) is 2. The number of aromatic carboxylic acids is 1. The van der Waals surface area contributed by atoms with Crippen LogP contribution in [0.15, 0.2) is 78.0 Å². The number of carboxylic acid groups (broad SMARTS) is 1. The van der Waals surface area contributed by atoms with Gasteiger partial charge in [0.2, 0.25) is 0 Å². The van der Waals surface area contributed by atoms with Crippen molar-refractivity contribution in [1.29, 1.82) is 0 Å². The van der Waals surface area contributed by atoms with Gasteiger partial charge < -0.3 is 20.4 Å². The molecule has 1 atom stereocenters. The highest BCUT2D eigenvalue weighted by Gasteiger charge is 2.30. The zero-order chi connectivity index (χ0) is 28.2. The number of halogens is 3. The van der Waals surface area contributed by atoms with Crippen LogP contribution in [-0.4, -0.2) is 46.4 Å². The number of fused-ring (bicyclic) bond motifs is 1. The lowest BCUT2D eigenvalue weighted by molar-refractivity contribution is -0.137. The number of phenols is 1. The highest BCUT2D eigenvalue weighted by Crippen LogP contribution is 2.33. The quantitative estimate of drug-likeness (QED) is 0.207. The van der Waals surface area contributed by atoms with Gasteiger partial charge in [0.05, 0.1) is 28.9 Å². The van der Waals surface area contributed by atoms with E-state index in [1.807, 2.05) is 0 Å². The molecule has 1 amide bonds. The minimum atomic E-state index is -4.53. The van der Waals surface area contributed by atoms with Crippen LogP contribution in [0.2, 0.25) is 0 Å². The van der Waals surface area contributed by atoms with Gasteiger partial charge in [0.25, 0.3) is 5.91 Å². The molecule has 0 radical (unpaired) electrons. The molecule has 0 unspecified atom stereocenters. The van der Waals surface area contributed by atoms with Gasteiger partial charge in [-0.25, -0.2) is 9.78 Å². The van der Waals surface area contributed by atoms with Gasteiger partial charge in [-0.15, -0.1) is 0 Å². The Morgan fingerprint density at radius 3 is 2.44 bits per heavy atom. The molecular formula is C28H22F3N3O5. The lowest BCUT2D eigenvalue weighted by Gasteiger charge is -2.15. The second kappa shape index (κ2) is 11.2. The van der Waals surface area contributed by atoms with Crippen molar-refractivity contribution >= 4 is 29.0 Å². The number of carbonyl (C=O) groups excluding carboxylic acids is 1. The predicted molar refractivity (Wildman–Crippen MR) is 138 cm³/mol. The number of aromatic hydroxyl groups is 1. The maximum atomic E-state index is 13.2. The van der Waals surface area contributed by atoms with Crippen LogP contribution >= 0.6 is 0 Å². The molecule has 4 aromatic rings. The molecule has 200 valence electrons. The number of carbonyl (C=O) groups is 2. The first kappa shape index (κ1) is 27.1. The number of hydrogen-bond acceptors (Lipinski definition) is 6. The molecule has 3 aromatic carbocycles. The summed E-state index contributed by atoms with van der Waals surface area (Å²) in [6.07, 6.45) is -2.87. The summed E-state index contributed by atoms with van der Waals surface area (Å²) in [7, 11) is 1.34. The Labute approximate surface area is 220 Å². The summed E-state index contributed by atoms with van der Waals surface area (Å²) in [5.41, 5.74) is 0.326. The molecule has 3 N–H and O–H groups in total. The molecule has 0 saturated heterocycles. The lowest BCUT2D eigenvalue weighted by Crippen LogP contribution is -2.38. The van der Waals surface area contributed by atoms with Gasteiger partial charge in [-0.05, 0) is 65.6 Å². The fourth-order valence-corrected chi connectivity index (χ4v) is 3.98. The zero-order valence-electron chi connectivity index (χ0n) is 20.4. The summed E-state index contributed by atoms with van der Waals surface area (Å²) >= 11 is 0. The molecule has 0 aliphatic rings. The summed E-state index contributed by atoms with van der Waals surface area (Å²) in [6, 6.07) is 15.9. The van der Waals surface area contributed by atoms with Crippen LogP contribution in [0.3, 0.4) is 0 Å². The third-order valence-corrected chi connectivity index (χ3v) is 5.85. The first-order valence-corrected chi connectivity index (χ1v) is 11.6. The van der Waals surface area contributed by atoms with Gasteiger partial charge in [-0.2, -0.15) is 13.2 Å². The van der Waals surface area contributed by atoms with Crippen LogP contribution in [-0.2, 0) is 17.4 Å². The fraction of sp³-hybridized carbons (Fsp3) is 0.143. The van der Waals surface area contributed by atoms with Gasteiger partial charge in [0.15, 0.2) is 0 Å². The van der Waals surface area contributed by atoms with Gasteiger partial charge in [-0.1, -0.05) is 35.5 Å². The number of pyridine rings is 1. The van der Waals surface area contributed by atoms with E-state index >= 15 is 0 Å². The van der Waals surface area contributed by atoms with Crippen molar-refractivity contribution in [3.8, 4) is 16.9 Å². The van der Waals surface area contributed by atoms with Gasteiger partial charge in [0.1, 0.15) is 18.6 Å². The Morgan fingerprint density at radius 1 is 1.05 bits per heavy atom. The fourth-order valence-electron chi connectivity index (χ4n) is 3.98. The van der Waals surface area contributed by atoms with Gasteiger partial charge >= 0.3 is 12.1 Å². The highest BCUT2D eigenvalue weighted by atomic mass is 19.4. The van der Waals surface area contributed by atoms with Crippen molar-refractivity contribution in [3.05, 3.63) is 95.2 Å².